The van der Waals surface area contributed by atoms with E-state index in [4.69, 9.17) is 18.1 Å². The van der Waals surface area contributed by atoms with E-state index >= 15 is 0 Å². The normalized spacial score (nSPS) is 15.2. The first-order chi connectivity index (χ1) is 23.5. The van der Waals surface area contributed by atoms with Crippen molar-refractivity contribution in [2.24, 2.45) is 0 Å². The number of hydrogen-bond acceptors (Lipinski definition) is 4. The molecule has 182 valence electrons. The van der Waals surface area contributed by atoms with Crippen molar-refractivity contribution in [3.63, 3.8) is 0 Å². The van der Waals surface area contributed by atoms with Crippen molar-refractivity contribution in [1.29, 1.82) is 0 Å². The summed E-state index contributed by atoms with van der Waals surface area (Å²) < 4.78 is 89.8. The molecule has 2 heterocycles. The van der Waals surface area contributed by atoms with Gasteiger partial charge in [-0.25, -0.2) is 15.0 Å². The van der Waals surface area contributed by atoms with Gasteiger partial charge in [0.1, 0.15) is 11.2 Å². The first-order valence-corrected chi connectivity index (χ1v) is 12.1. The van der Waals surface area contributed by atoms with Gasteiger partial charge in [0.25, 0.3) is 0 Å². The molecular weight excluding hydrogens is 478 g/mol. The lowest BCUT2D eigenvalue weighted by molar-refractivity contribution is 0.673. The Balaban J connectivity index is 1.49. The molecule has 0 aliphatic heterocycles. The van der Waals surface area contributed by atoms with Gasteiger partial charge in [-0.2, -0.15) is 0 Å². The highest BCUT2D eigenvalue weighted by atomic mass is 16.3. The fraction of sp³-hybridized carbons (Fsp3) is 0. The highest BCUT2D eigenvalue weighted by Crippen LogP contribution is 2.41. The van der Waals surface area contributed by atoms with E-state index in [0.717, 1.165) is 32.3 Å². The van der Waals surface area contributed by atoms with Crippen LogP contribution in [0.5, 0.6) is 0 Å². The second kappa shape index (κ2) is 8.61. The van der Waals surface area contributed by atoms with Crippen molar-refractivity contribution in [2.75, 3.05) is 0 Å². The molecule has 0 fully saturated rings. The van der Waals surface area contributed by atoms with Crippen molar-refractivity contribution in [2.45, 2.75) is 0 Å². The van der Waals surface area contributed by atoms with Crippen LogP contribution < -0.4 is 0 Å². The highest BCUT2D eigenvalue weighted by molar-refractivity contribution is 6.30. The molecule has 39 heavy (non-hydrogen) atoms. The van der Waals surface area contributed by atoms with Crippen LogP contribution in [0.4, 0.5) is 0 Å². The van der Waals surface area contributed by atoms with Crippen LogP contribution in [0.25, 0.3) is 77.6 Å². The van der Waals surface area contributed by atoms with Crippen molar-refractivity contribution in [3.8, 4) is 34.2 Å². The topological polar surface area (TPSA) is 51.8 Å². The van der Waals surface area contributed by atoms with E-state index in [1.165, 1.54) is 0 Å². The molecule has 8 aromatic rings. The number of nitrogens with zero attached hydrogens (tertiary/aromatic N) is 3. The lowest BCUT2D eigenvalue weighted by atomic mass is 9.95. The second-order valence-corrected chi connectivity index (χ2v) is 8.91. The van der Waals surface area contributed by atoms with Crippen molar-refractivity contribution in [3.05, 3.63) is 127 Å². The summed E-state index contributed by atoms with van der Waals surface area (Å²) in [7, 11) is 0. The van der Waals surface area contributed by atoms with Crippen molar-refractivity contribution >= 4 is 43.5 Å². The third kappa shape index (κ3) is 3.50. The van der Waals surface area contributed by atoms with Gasteiger partial charge < -0.3 is 4.42 Å². The maximum Gasteiger partial charge on any atom is 0.164 e. The van der Waals surface area contributed by atoms with E-state index in [1.807, 2.05) is 60.7 Å². The van der Waals surface area contributed by atoms with E-state index in [1.54, 1.807) is 6.07 Å². The van der Waals surface area contributed by atoms with E-state index in [2.05, 4.69) is 15.0 Å². The summed E-state index contributed by atoms with van der Waals surface area (Å²) in [4.78, 5) is 13.6. The Bertz CT molecular complexity index is 2600. The van der Waals surface area contributed by atoms with E-state index < -0.39 is 60.4 Å². The van der Waals surface area contributed by atoms with Crippen LogP contribution in [-0.4, -0.2) is 15.0 Å². The number of para-hydroxylation sites is 1. The summed E-state index contributed by atoms with van der Waals surface area (Å²) in [6, 6.07) is 15.2. The third-order valence-corrected chi connectivity index (χ3v) is 6.69. The quantitative estimate of drug-likeness (QED) is 0.223. The molecule has 4 heteroatoms. The predicted octanol–water partition coefficient (Wildman–Crippen LogP) is 9.08. The fourth-order valence-corrected chi connectivity index (χ4v) is 5.00. The molecule has 0 saturated carbocycles. The van der Waals surface area contributed by atoms with Gasteiger partial charge in [-0.15, -0.1) is 0 Å². The van der Waals surface area contributed by atoms with E-state index in [-0.39, 0.29) is 28.6 Å². The number of hydrogen-bond donors (Lipinski definition) is 0. The minimum Gasteiger partial charge on any atom is -0.455 e. The third-order valence-electron chi connectivity index (χ3n) is 6.69. The minimum absolute atomic E-state index is 0.00497. The molecule has 0 saturated heterocycles. The van der Waals surface area contributed by atoms with Crippen LogP contribution in [-0.2, 0) is 0 Å². The van der Waals surface area contributed by atoms with Crippen LogP contribution in [0.15, 0.2) is 132 Å². The number of rotatable bonds is 3. The van der Waals surface area contributed by atoms with Gasteiger partial charge in [0, 0.05) is 32.8 Å². The average molecular weight is 510 g/mol. The Morgan fingerprint density at radius 2 is 1.03 bits per heavy atom. The molecule has 0 aliphatic rings. The zero-order valence-electron chi connectivity index (χ0n) is 30.1. The van der Waals surface area contributed by atoms with Crippen LogP contribution in [0.2, 0.25) is 0 Å². The lowest BCUT2D eigenvalue weighted by Crippen LogP contribution is -2.00. The lowest BCUT2D eigenvalue weighted by Gasteiger charge is -2.11. The van der Waals surface area contributed by atoms with Gasteiger partial charge in [-0.1, -0.05) is 115 Å². The second-order valence-electron chi connectivity index (χ2n) is 8.91. The number of aromatic nitrogens is 3. The van der Waals surface area contributed by atoms with Gasteiger partial charge in [0.2, 0.25) is 0 Å². The van der Waals surface area contributed by atoms with Gasteiger partial charge >= 0.3 is 0 Å². The van der Waals surface area contributed by atoms with Crippen LogP contribution in [0, 0.1) is 0 Å². The molecule has 2 aromatic heterocycles. The molecule has 8 rings (SSSR count). The molecule has 0 bridgehead atoms. The molecule has 0 atom stereocenters. The Morgan fingerprint density at radius 1 is 0.487 bits per heavy atom. The molecule has 0 N–H and O–H groups in total. The molecular formula is C35H21N3O. The molecule has 0 amide bonds. The molecule has 0 radical (unpaired) electrons. The van der Waals surface area contributed by atoms with Crippen molar-refractivity contribution in [1.82, 2.24) is 15.0 Å². The maximum atomic E-state index is 8.60. The molecule has 6 aromatic carbocycles. The van der Waals surface area contributed by atoms with Crippen molar-refractivity contribution < 1.29 is 18.1 Å². The van der Waals surface area contributed by atoms with Crippen LogP contribution >= 0.6 is 0 Å². The minimum atomic E-state index is -0.603. The summed E-state index contributed by atoms with van der Waals surface area (Å²) in [5.74, 6) is -0.641. The van der Waals surface area contributed by atoms with Crippen LogP contribution in [0.1, 0.15) is 13.7 Å². The van der Waals surface area contributed by atoms with E-state index in [0.29, 0.717) is 16.7 Å². The summed E-state index contributed by atoms with van der Waals surface area (Å²) in [6.07, 6.45) is 0. The number of furan rings is 1. The summed E-state index contributed by atoms with van der Waals surface area (Å²) in [5, 5.41) is 5.36. The smallest absolute Gasteiger partial charge is 0.164 e. The summed E-state index contributed by atoms with van der Waals surface area (Å²) in [6.45, 7) is 0. The zero-order valence-corrected chi connectivity index (χ0v) is 20.1. The van der Waals surface area contributed by atoms with Gasteiger partial charge in [0.15, 0.2) is 17.5 Å². The SMILES string of the molecule is [2H]c1c([2H])c([2H])c(-c2nc(-c3ccc4c5ccccc5c5oc6ccccc6c5c4c3)nc(-c3c([2H])c([2H])c([2H])c([2H])c3[2H])n2)c([2H])c1[2H]. The largest absolute Gasteiger partial charge is 0.455 e. The highest BCUT2D eigenvalue weighted by Gasteiger charge is 2.18. The zero-order chi connectivity index (χ0) is 34.5. The molecule has 0 unspecified atom stereocenters. The predicted molar refractivity (Wildman–Crippen MR) is 158 cm³/mol. The number of benzene rings is 6. The van der Waals surface area contributed by atoms with Gasteiger partial charge in [-0.05, 0) is 28.3 Å². The molecule has 0 aliphatic carbocycles. The summed E-state index contributed by atoms with van der Waals surface area (Å²) in [5.41, 5.74) is 1.19. The fourth-order valence-electron chi connectivity index (χ4n) is 5.00. The Hall–Kier alpha value is -5.35. The number of fused-ring (bicyclic) bond motifs is 8. The van der Waals surface area contributed by atoms with Gasteiger partial charge in [-0.3, -0.25) is 0 Å². The monoisotopic (exact) mass is 509 g/mol. The Morgan fingerprint density at radius 3 is 1.69 bits per heavy atom. The standard InChI is InChI=1S/C35H21N3O/c1-3-11-22(12-4-1)33-36-34(23-13-5-2-6-14-23)38-35(37-33)24-19-20-26-25-15-7-8-16-27(25)32-31(29(26)21-24)28-17-9-10-18-30(28)39-32/h1-21H/i1D,2D,3D,4D,5D,6D,11D,12D,13D,14D. The Kier molecular flexibility index (Phi) is 3.09. The van der Waals surface area contributed by atoms with Gasteiger partial charge in [0.05, 0.1) is 13.7 Å². The first kappa shape index (κ1) is 14.0. The Labute approximate surface area is 238 Å². The maximum absolute atomic E-state index is 8.60. The molecule has 4 nitrogen and oxygen atoms in total. The average Bonchev–Trinajstić information content (AvgIpc) is 3.52. The van der Waals surface area contributed by atoms with Crippen LogP contribution in [0.3, 0.4) is 0 Å². The van der Waals surface area contributed by atoms with E-state index in [9.17, 15) is 0 Å². The molecule has 0 spiro atoms. The first-order valence-electron chi connectivity index (χ1n) is 17.1. The summed E-state index contributed by atoms with van der Waals surface area (Å²) >= 11 is 0.